The van der Waals surface area contributed by atoms with Crippen molar-refractivity contribution in [1.29, 1.82) is 0 Å². The standard InChI is InChI=1S/C6H7F3O3/c1-11-4(10)5(2-12-3-5)6(7,8)9/h2-3H2,1H3. The zero-order chi connectivity index (χ0) is 9.41. The van der Waals surface area contributed by atoms with Crippen molar-refractivity contribution >= 4 is 5.97 Å². The summed E-state index contributed by atoms with van der Waals surface area (Å²) in [6.45, 7) is -1.27. The fourth-order valence-electron chi connectivity index (χ4n) is 0.899. The predicted octanol–water partition coefficient (Wildman–Crippen LogP) is 0.738. The predicted molar refractivity (Wildman–Crippen MR) is 31.3 cm³/mol. The lowest BCUT2D eigenvalue weighted by atomic mass is 9.85. The average Bonchev–Trinajstić information content (AvgIpc) is 1.81. The lowest BCUT2D eigenvalue weighted by Crippen LogP contribution is -2.59. The number of alkyl halides is 3. The number of carbonyl (C=O) groups is 1. The third kappa shape index (κ3) is 1.06. The van der Waals surface area contributed by atoms with Gasteiger partial charge in [0.2, 0.25) is 5.41 Å². The van der Waals surface area contributed by atoms with Crippen LogP contribution < -0.4 is 0 Å². The van der Waals surface area contributed by atoms with E-state index in [1.54, 1.807) is 0 Å². The Kier molecular flexibility index (Phi) is 2.03. The maximum atomic E-state index is 12.2. The van der Waals surface area contributed by atoms with E-state index in [9.17, 15) is 18.0 Å². The van der Waals surface area contributed by atoms with Crippen molar-refractivity contribution in [1.82, 2.24) is 0 Å². The number of methoxy groups -OCH3 is 1. The maximum Gasteiger partial charge on any atom is 0.409 e. The molecule has 0 aromatic heterocycles. The Morgan fingerprint density at radius 2 is 2.00 bits per heavy atom. The first-order valence-electron chi connectivity index (χ1n) is 3.17. The lowest BCUT2D eigenvalue weighted by Gasteiger charge is -2.39. The smallest absolute Gasteiger partial charge is 0.409 e. The van der Waals surface area contributed by atoms with E-state index in [4.69, 9.17) is 0 Å². The summed E-state index contributed by atoms with van der Waals surface area (Å²) in [4.78, 5) is 10.7. The molecule has 6 heteroatoms. The van der Waals surface area contributed by atoms with Crippen LogP contribution in [0.3, 0.4) is 0 Å². The Morgan fingerprint density at radius 3 is 2.08 bits per heavy atom. The second-order valence-electron chi connectivity index (χ2n) is 2.56. The van der Waals surface area contributed by atoms with E-state index in [0.29, 0.717) is 0 Å². The first-order chi connectivity index (χ1) is 5.44. The van der Waals surface area contributed by atoms with Crippen LogP contribution in [-0.4, -0.2) is 32.5 Å². The van der Waals surface area contributed by atoms with Crippen LogP contribution in [0, 0.1) is 5.41 Å². The van der Waals surface area contributed by atoms with Crippen molar-refractivity contribution in [2.75, 3.05) is 20.3 Å². The molecule has 1 heterocycles. The van der Waals surface area contributed by atoms with Crippen LogP contribution in [0.1, 0.15) is 0 Å². The Labute approximate surface area is 66.4 Å². The third-order valence-corrected chi connectivity index (χ3v) is 1.82. The van der Waals surface area contributed by atoms with Crippen LogP contribution in [0.15, 0.2) is 0 Å². The van der Waals surface area contributed by atoms with Gasteiger partial charge in [-0.2, -0.15) is 13.2 Å². The van der Waals surface area contributed by atoms with E-state index in [2.05, 4.69) is 9.47 Å². The van der Waals surface area contributed by atoms with E-state index in [1.165, 1.54) is 0 Å². The molecular weight excluding hydrogens is 177 g/mol. The van der Waals surface area contributed by atoms with Crippen LogP contribution in [0.4, 0.5) is 13.2 Å². The number of rotatable bonds is 1. The van der Waals surface area contributed by atoms with Crippen molar-refractivity contribution in [3.63, 3.8) is 0 Å². The van der Waals surface area contributed by atoms with Gasteiger partial charge in [0.25, 0.3) is 0 Å². The molecular formula is C6H7F3O3. The molecule has 3 nitrogen and oxygen atoms in total. The highest BCUT2D eigenvalue weighted by Gasteiger charge is 2.66. The van der Waals surface area contributed by atoms with E-state index in [-0.39, 0.29) is 0 Å². The Bertz CT molecular complexity index is 195. The maximum absolute atomic E-state index is 12.2. The van der Waals surface area contributed by atoms with Gasteiger partial charge in [0.15, 0.2) is 0 Å². The average molecular weight is 184 g/mol. The van der Waals surface area contributed by atoms with Gasteiger partial charge in [-0.3, -0.25) is 4.79 Å². The molecule has 0 bridgehead atoms. The van der Waals surface area contributed by atoms with Gasteiger partial charge < -0.3 is 9.47 Å². The molecule has 1 aliphatic heterocycles. The van der Waals surface area contributed by atoms with Crippen molar-refractivity contribution in [2.24, 2.45) is 5.41 Å². The molecule has 1 rings (SSSR count). The topological polar surface area (TPSA) is 35.5 Å². The molecule has 0 atom stereocenters. The minimum atomic E-state index is -4.58. The van der Waals surface area contributed by atoms with Crippen LogP contribution in [-0.2, 0) is 14.3 Å². The molecule has 0 spiro atoms. The zero-order valence-electron chi connectivity index (χ0n) is 6.27. The summed E-state index contributed by atoms with van der Waals surface area (Å²) in [5.41, 5.74) is -2.41. The molecule has 0 amide bonds. The van der Waals surface area contributed by atoms with Gasteiger partial charge in [-0.1, -0.05) is 0 Å². The molecule has 1 fully saturated rings. The van der Waals surface area contributed by atoms with Crippen LogP contribution in [0.2, 0.25) is 0 Å². The number of esters is 1. The second-order valence-corrected chi connectivity index (χ2v) is 2.56. The third-order valence-electron chi connectivity index (χ3n) is 1.82. The summed E-state index contributed by atoms with van der Waals surface area (Å²) in [6, 6.07) is 0. The summed E-state index contributed by atoms with van der Waals surface area (Å²) in [5, 5.41) is 0. The fourth-order valence-corrected chi connectivity index (χ4v) is 0.899. The minimum absolute atomic E-state index is 0.636. The first kappa shape index (κ1) is 9.31. The van der Waals surface area contributed by atoms with Gasteiger partial charge in [-0.15, -0.1) is 0 Å². The van der Waals surface area contributed by atoms with Crippen molar-refractivity contribution in [3.8, 4) is 0 Å². The van der Waals surface area contributed by atoms with Gasteiger partial charge in [0, 0.05) is 0 Å². The van der Waals surface area contributed by atoms with Crippen molar-refractivity contribution < 1.29 is 27.4 Å². The first-order valence-corrected chi connectivity index (χ1v) is 3.17. The van der Waals surface area contributed by atoms with Gasteiger partial charge >= 0.3 is 12.1 Å². The van der Waals surface area contributed by atoms with Gasteiger partial charge in [0.05, 0.1) is 20.3 Å². The summed E-state index contributed by atoms with van der Waals surface area (Å²) < 4.78 is 45.0. The molecule has 12 heavy (non-hydrogen) atoms. The van der Waals surface area contributed by atoms with E-state index in [0.717, 1.165) is 7.11 Å². The van der Waals surface area contributed by atoms with Crippen LogP contribution in [0.5, 0.6) is 0 Å². The Morgan fingerprint density at radius 1 is 1.50 bits per heavy atom. The van der Waals surface area contributed by atoms with Gasteiger partial charge in [0.1, 0.15) is 0 Å². The molecule has 0 aromatic carbocycles. The summed E-state index contributed by atoms with van der Waals surface area (Å²) in [7, 11) is 0.925. The highest BCUT2D eigenvalue weighted by Crippen LogP contribution is 2.44. The SMILES string of the molecule is COC(=O)C1(C(F)(F)F)COC1. The number of hydrogen-bond acceptors (Lipinski definition) is 3. The molecule has 1 aliphatic rings. The zero-order valence-corrected chi connectivity index (χ0v) is 6.27. The molecule has 0 radical (unpaired) electrons. The van der Waals surface area contributed by atoms with E-state index >= 15 is 0 Å². The van der Waals surface area contributed by atoms with Crippen molar-refractivity contribution in [3.05, 3.63) is 0 Å². The lowest BCUT2D eigenvalue weighted by molar-refractivity contribution is -0.297. The highest BCUT2D eigenvalue weighted by atomic mass is 19.4. The minimum Gasteiger partial charge on any atom is -0.468 e. The monoisotopic (exact) mass is 184 g/mol. The van der Waals surface area contributed by atoms with Crippen molar-refractivity contribution in [2.45, 2.75) is 6.18 Å². The fraction of sp³-hybridized carbons (Fsp3) is 0.833. The molecule has 70 valence electrons. The van der Waals surface area contributed by atoms with E-state index < -0.39 is 30.8 Å². The summed E-state index contributed by atoms with van der Waals surface area (Å²) in [6.07, 6.45) is -4.58. The Balaban J connectivity index is 2.83. The van der Waals surface area contributed by atoms with Gasteiger partial charge in [-0.05, 0) is 0 Å². The quantitative estimate of drug-likeness (QED) is 0.564. The largest absolute Gasteiger partial charge is 0.468 e. The van der Waals surface area contributed by atoms with E-state index in [1.807, 2.05) is 0 Å². The molecule has 0 saturated carbocycles. The summed E-state index contributed by atoms with van der Waals surface area (Å²) >= 11 is 0. The Hall–Kier alpha value is -0.780. The normalized spacial score (nSPS) is 21.3. The van der Waals surface area contributed by atoms with Crippen LogP contribution >= 0.6 is 0 Å². The number of ether oxygens (including phenoxy) is 2. The molecule has 0 N–H and O–H groups in total. The van der Waals surface area contributed by atoms with Gasteiger partial charge in [-0.25, -0.2) is 0 Å². The van der Waals surface area contributed by atoms with Crippen LogP contribution in [0.25, 0.3) is 0 Å². The highest BCUT2D eigenvalue weighted by molar-refractivity contribution is 5.79. The number of carbonyl (C=O) groups excluding carboxylic acids is 1. The second kappa shape index (κ2) is 2.62. The molecule has 0 unspecified atom stereocenters. The molecule has 0 aliphatic carbocycles. The summed E-state index contributed by atoms with van der Waals surface area (Å²) in [5.74, 6) is -1.28. The molecule has 1 saturated heterocycles. The number of halogens is 3. The number of hydrogen-bond donors (Lipinski definition) is 0. The molecule has 0 aromatic rings.